The summed E-state index contributed by atoms with van der Waals surface area (Å²) in [6.45, 7) is 4.15. The van der Waals surface area contributed by atoms with Gasteiger partial charge in [0.05, 0.1) is 0 Å². The fourth-order valence-corrected chi connectivity index (χ4v) is 2.83. The normalized spacial score (nSPS) is 20.3. The van der Waals surface area contributed by atoms with Crippen molar-refractivity contribution in [2.24, 2.45) is 0 Å². The second kappa shape index (κ2) is 4.91. The van der Waals surface area contributed by atoms with E-state index in [-0.39, 0.29) is 0 Å². The van der Waals surface area contributed by atoms with Gasteiger partial charge in [-0.2, -0.15) is 11.8 Å². The monoisotopic (exact) mass is 238 g/mol. The Hall–Kier alpha value is -0.970. The zero-order valence-corrected chi connectivity index (χ0v) is 10.5. The molecule has 0 saturated carbocycles. The van der Waals surface area contributed by atoms with Gasteiger partial charge in [-0.05, 0) is 12.2 Å². The number of nitrogen functional groups attached to an aromatic ring is 1. The predicted octanol–water partition coefficient (Wildman–Crippen LogP) is 2.10. The fourth-order valence-electron chi connectivity index (χ4n) is 1.67. The van der Waals surface area contributed by atoms with E-state index in [0.717, 1.165) is 17.4 Å². The average molecular weight is 238 g/mol. The topological polar surface area (TPSA) is 63.8 Å². The number of hydrogen-bond acceptors (Lipinski definition) is 5. The molecular weight excluding hydrogens is 220 g/mol. The zero-order valence-electron chi connectivity index (χ0n) is 9.73. The summed E-state index contributed by atoms with van der Waals surface area (Å²) in [5.41, 5.74) is 5.78. The summed E-state index contributed by atoms with van der Waals surface area (Å²) in [7, 11) is 0. The van der Waals surface area contributed by atoms with Gasteiger partial charge in [0, 0.05) is 23.8 Å². The third kappa shape index (κ3) is 2.78. The van der Waals surface area contributed by atoms with Crippen molar-refractivity contribution in [2.45, 2.75) is 32.2 Å². The Morgan fingerprint density at radius 1 is 1.50 bits per heavy atom. The van der Waals surface area contributed by atoms with Crippen molar-refractivity contribution in [2.75, 3.05) is 22.6 Å². The molecule has 1 aliphatic heterocycles. The van der Waals surface area contributed by atoms with E-state index in [1.165, 1.54) is 12.2 Å². The second-order valence-electron chi connectivity index (χ2n) is 4.40. The summed E-state index contributed by atoms with van der Waals surface area (Å²) in [5.74, 6) is 4.92. The van der Waals surface area contributed by atoms with Crippen LogP contribution in [0.3, 0.4) is 0 Å². The highest BCUT2D eigenvalue weighted by Gasteiger charge is 2.16. The smallest absolute Gasteiger partial charge is 0.135 e. The Kier molecular flexibility index (Phi) is 3.53. The van der Waals surface area contributed by atoms with Crippen LogP contribution in [-0.4, -0.2) is 27.5 Å². The van der Waals surface area contributed by atoms with Crippen molar-refractivity contribution in [1.82, 2.24) is 9.97 Å². The summed E-state index contributed by atoms with van der Waals surface area (Å²) in [6, 6.07) is 2.34. The largest absolute Gasteiger partial charge is 0.384 e. The number of hydrogen-bond donors (Lipinski definition) is 2. The second-order valence-corrected chi connectivity index (χ2v) is 5.55. The van der Waals surface area contributed by atoms with Gasteiger partial charge < -0.3 is 11.1 Å². The van der Waals surface area contributed by atoms with Gasteiger partial charge in [0.25, 0.3) is 0 Å². The minimum atomic E-state index is 0.307. The number of nitrogens with zero attached hydrogens (tertiary/aromatic N) is 2. The van der Waals surface area contributed by atoms with Gasteiger partial charge in [0.2, 0.25) is 0 Å². The van der Waals surface area contributed by atoms with Crippen molar-refractivity contribution >= 4 is 23.4 Å². The molecule has 16 heavy (non-hydrogen) atoms. The molecule has 3 N–H and O–H groups in total. The molecular formula is C11H18N4S. The van der Waals surface area contributed by atoms with Crippen LogP contribution in [0.1, 0.15) is 32.0 Å². The van der Waals surface area contributed by atoms with E-state index in [9.17, 15) is 0 Å². The molecule has 1 aromatic rings. The first-order valence-electron chi connectivity index (χ1n) is 5.64. The van der Waals surface area contributed by atoms with E-state index >= 15 is 0 Å². The molecule has 1 unspecified atom stereocenters. The van der Waals surface area contributed by atoms with Crippen LogP contribution in [-0.2, 0) is 0 Å². The standard InChI is InChI=1S/C11H18N4S/c1-7(2)11-14-9(12)5-10(15-11)13-8-3-4-16-6-8/h5,7-8H,3-4,6H2,1-2H3,(H3,12,13,14,15). The lowest BCUT2D eigenvalue weighted by atomic mass is 10.2. The summed E-state index contributed by atoms with van der Waals surface area (Å²) in [5, 5.41) is 3.42. The van der Waals surface area contributed by atoms with E-state index in [4.69, 9.17) is 5.73 Å². The molecule has 0 bridgehead atoms. The minimum absolute atomic E-state index is 0.307. The quantitative estimate of drug-likeness (QED) is 0.844. The molecule has 1 saturated heterocycles. The number of nitrogens with one attached hydrogen (secondary N) is 1. The van der Waals surface area contributed by atoms with Crippen molar-refractivity contribution in [1.29, 1.82) is 0 Å². The lowest BCUT2D eigenvalue weighted by Gasteiger charge is -2.14. The Morgan fingerprint density at radius 2 is 2.31 bits per heavy atom. The molecule has 5 heteroatoms. The number of nitrogens with two attached hydrogens (primary N) is 1. The minimum Gasteiger partial charge on any atom is -0.384 e. The molecule has 88 valence electrons. The first-order valence-corrected chi connectivity index (χ1v) is 6.79. The Labute approximate surface area is 100 Å². The van der Waals surface area contributed by atoms with E-state index in [2.05, 4.69) is 29.1 Å². The summed E-state index contributed by atoms with van der Waals surface area (Å²) >= 11 is 1.98. The molecule has 0 aliphatic carbocycles. The van der Waals surface area contributed by atoms with Crippen LogP contribution in [0, 0.1) is 0 Å². The van der Waals surface area contributed by atoms with E-state index in [0.29, 0.717) is 17.8 Å². The van der Waals surface area contributed by atoms with Crippen LogP contribution < -0.4 is 11.1 Å². The molecule has 2 heterocycles. The molecule has 4 nitrogen and oxygen atoms in total. The van der Waals surface area contributed by atoms with E-state index < -0.39 is 0 Å². The van der Waals surface area contributed by atoms with Crippen LogP contribution >= 0.6 is 11.8 Å². The van der Waals surface area contributed by atoms with E-state index in [1.54, 1.807) is 0 Å². The molecule has 1 atom stereocenters. The van der Waals surface area contributed by atoms with Gasteiger partial charge in [0.1, 0.15) is 17.5 Å². The van der Waals surface area contributed by atoms with Crippen LogP contribution in [0.2, 0.25) is 0 Å². The SMILES string of the molecule is CC(C)c1nc(N)cc(NC2CCSC2)n1. The molecule has 2 rings (SSSR count). The van der Waals surface area contributed by atoms with Crippen molar-refractivity contribution < 1.29 is 0 Å². The Bertz CT molecular complexity index is 361. The molecule has 0 aromatic carbocycles. The van der Waals surface area contributed by atoms with Crippen molar-refractivity contribution in [3.8, 4) is 0 Å². The van der Waals surface area contributed by atoms with Gasteiger partial charge in [-0.15, -0.1) is 0 Å². The van der Waals surface area contributed by atoms with Gasteiger partial charge in [-0.3, -0.25) is 0 Å². The summed E-state index contributed by atoms with van der Waals surface area (Å²) < 4.78 is 0. The van der Waals surface area contributed by atoms with Crippen LogP contribution in [0.25, 0.3) is 0 Å². The Balaban J connectivity index is 2.13. The first-order chi connectivity index (χ1) is 7.65. The number of thioether (sulfide) groups is 1. The molecule has 0 amide bonds. The molecule has 1 aliphatic rings. The lowest BCUT2D eigenvalue weighted by Crippen LogP contribution is -2.19. The van der Waals surface area contributed by atoms with Crippen LogP contribution in [0.5, 0.6) is 0 Å². The zero-order chi connectivity index (χ0) is 11.5. The third-order valence-electron chi connectivity index (χ3n) is 2.56. The van der Waals surface area contributed by atoms with Crippen molar-refractivity contribution in [3.05, 3.63) is 11.9 Å². The number of anilines is 2. The highest BCUT2D eigenvalue weighted by Crippen LogP contribution is 2.22. The van der Waals surface area contributed by atoms with Gasteiger partial charge in [0.15, 0.2) is 0 Å². The average Bonchev–Trinajstić information content (AvgIpc) is 2.69. The maximum atomic E-state index is 5.78. The summed E-state index contributed by atoms with van der Waals surface area (Å²) in [4.78, 5) is 8.71. The maximum Gasteiger partial charge on any atom is 0.135 e. The maximum absolute atomic E-state index is 5.78. The van der Waals surface area contributed by atoms with E-state index in [1.807, 2.05) is 17.8 Å². The first kappa shape index (κ1) is 11.5. The molecule has 0 spiro atoms. The van der Waals surface area contributed by atoms with Crippen LogP contribution in [0.15, 0.2) is 6.07 Å². The van der Waals surface area contributed by atoms with Crippen molar-refractivity contribution in [3.63, 3.8) is 0 Å². The van der Waals surface area contributed by atoms with Gasteiger partial charge >= 0.3 is 0 Å². The fraction of sp³-hybridized carbons (Fsp3) is 0.636. The highest BCUT2D eigenvalue weighted by atomic mass is 32.2. The number of aromatic nitrogens is 2. The molecule has 0 radical (unpaired) electrons. The predicted molar refractivity (Wildman–Crippen MR) is 69.9 cm³/mol. The molecule has 1 aromatic heterocycles. The van der Waals surface area contributed by atoms with Gasteiger partial charge in [-0.1, -0.05) is 13.8 Å². The highest BCUT2D eigenvalue weighted by molar-refractivity contribution is 7.99. The third-order valence-corrected chi connectivity index (χ3v) is 3.72. The van der Waals surface area contributed by atoms with Gasteiger partial charge in [-0.25, -0.2) is 9.97 Å². The lowest BCUT2D eigenvalue weighted by molar-refractivity contribution is 0.763. The Morgan fingerprint density at radius 3 is 2.94 bits per heavy atom. The van der Waals surface area contributed by atoms with Crippen LogP contribution in [0.4, 0.5) is 11.6 Å². The molecule has 1 fully saturated rings. The summed E-state index contributed by atoms with van der Waals surface area (Å²) in [6.07, 6.45) is 1.20. The number of rotatable bonds is 3.